The van der Waals surface area contributed by atoms with Crippen molar-refractivity contribution < 1.29 is 28.7 Å². The number of non-ortho nitro benzene ring substituents is 1. The first-order valence-electron chi connectivity index (χ1n) is 7.91. The van der Waals surface area contributed by atoms with Crippen molar-refractivity contribution in [1.29, 1.82) is 0 Å². The highest BCUT2D eigenvalue weighted by Crippen LogP contribution is 2.32. The van der Waals surface area contributed by atoms with Gasteiger partial charge in [-0.05, 0) is 24.3 Å². The van der Waals surface area contributed by atoms with Crippen LogP contribution in [0.3, 0.4) is 0 Å². The number of nitro benzene ring substituents is 1. The second-order valence-electron chi connectivity index (χ2n) is 5.62. The van der Waals surface area contributed by atoms with Gasteiger partial charge < -0.3 is 14.2 Å². The third-order valence-corrected chi connectivity index (χ3v) is 4.71. The van der Waals surface area contributed by atoms with Gasteiger partial charge in [-0.25, -0.2) is 9.78 Å². The Morgan fingerprint density at radius 2 is 2.04 bits per heavy atom. The molecule has 0 saturated carbocycles. The number of anilines is 1. The Hall–Kier alpha value is -3.73. The number of nitrogens with one attached hydrogen (secondary N) is 1. The normalized spacial score (nSPS) is 12.0. The molecule has 2 heterocycles. The number of benzene rings is 2. The summed E-state index contributed by atoms with van der Waals surface area (Å²) in [5.74, 6) is -0.302. The van der Waals surface area contributed by atoms with E-state index in [1.807, 2.05) is 0 Å². The van der Waals surface area contributed by atoms with Gasteiger partial charge in [0.2, 0.25) is 6.79 Å². The lowest BCUT2D eigenvalue weighted by Gasteiger charge is -2.05. The Bertz CT molecular complexity index is 1110. The Morgan fingerprint density at radius 1 is 1.21 bits per heavy atom. The van der Waals surface area contributed by atoms with Gasteiger partial charge >= 0.3 is 5.97 Å². The smallest absolute Gasteiger partial charge is 0.338 e. The molecule has 1 aliphatic rings. The van der Waals surface area contributed by atoms with Crippen molar-refractivity contribution in [3.05, 3.63) is 52.1 Å². The number of rotatable bonds is 5. The van der Waals surface area contributed by atoms with E-state index >= 15 is 0 Å². The van der Waals surface area contributed by atoms with Gasteiger partial charge in [0.25, 0.3) is 11.6 Å². The van der Waals surface area contributed by atoms with E-state index in [-0.39, 0.29) is 23.2 Å². The molecule has 0 saturated heterocycles. The molecule has 1 amide bonds. The van der Waals surface area contributed by atoms with Gasteiger partial charge in [-0.1, -0.05) is 11.3 Å². The molecule has 0 aliphatic carbocycles. The van der Waals surface area contributed by atoms with E-state index in [4.69, 9.17) is 14.2 Å². The van der Waals surface area contributed by atoms with Gasteiger partial charge in [-0.3, -0.25) is 20.2 Å². The molecule has 2 aromatic carbocycles. The third kappa shape index (κ3) is 3.55. The molecule has 10 nitrogen and oxygen atoms in total. The fourth-order valence-corrected chi connectivity index (χ4v) is 3.39. The standard InChI is InChI=1S/C17H11N3O7S/c21-15(7-25-16(22)9-1-4-12-13(5-9)27-8-26-12)19-17-18-11-3-2-10(20(23)24)6-14(11)28-17/h1-6H,7-8H2,(H,18,19,21). The molecular weight excluding hydrogens is 390 g/mol. The fourth-order valence-electron chi connectivity index (χ4n) is 2.47. The number of hydrogen-bond donors (Lipinski definition) is 1. The molecule has 3 aromatic rings. The number of carbonyl (C=O) groups is 2. The molecule has 11 heteroatoms. The van der Waals surface area contributed by atoms with Gasteiger partial charge in [-0.2, -0.15) is 0 Å². The first-order chi connectivity index (χ1) is 13.5. The van der Waals surface area contributed by atoms with Gasteiger partial charge in [-0.15, -0.1) is 0 Å². The van der Waals surface area contributed by atoms with Crippen LogP contribution in [0.1, 0.15) is 10.4 Å². The molecule has 0 unspecified atom stereocenters. The third-order valence-electron chi connectivity index (χ3n) is 3.77. The highest BCUT2D eigenvalue weighted by atomic mass is 32.1. The minimum Gasteiger partial charge on any atom is -0.454 e. The number of esters is 1. The number of thiazole rings is 1. The zero-order chi connectivity index (χ0) is 19.7. The highest BCUT2D eigenvalue weighted by molar-refractivity contribution is 7.22. The van der Waals surface area contributed by atoms with Gasteiger partial charge in [0.1, 0.15) is 0 Å². The van der Waals surface area contributed by atoms with Gasteiger partial charge in [0, 0.05) is 12.1 Å². The average molecular weight is 401 g/mol. The lowest BCUT2D eigenvalue weighted by atomic mass is 10.2. The summed E-state index contributed by atoms with van der Waals surface area (Å²) in [7, 11) is 0. The molecular formula is C17H11N3O7S. The Kier molecular flexibility index (Phi) is 4.49. The molecule has 4 rings (SSSR count). The van der Waals surface area contributed by atoms with Crippen molar-refractivity contribution in [2.45, 2.75) is 0 Å². The summed E-state index contributed by atoms with van der Waals surface area (Å²) < 4.78 is 15.9. The van der Waals surface area contributed by atoms with Crippen LogP contribution in [0.25, 0.3) is 10.2 Å². The predicted molar refractivity (Wildman–Crippen MR) is 97.8 cm³/mol. The van der Waals surface area contributed by atoms with Crippen molar-refractivity contribution in [3.63, 3.8) is 0 Å². The van der Waals surface area contributed by atoms with Crippen LogP contribution < -0.4 is 14.8 Å². The van der Waals surface area contributed by atoms with Gasteiger partial charge in [0.05, 0.1) is 20.7 Å². The second kappa shape index (κ2) is 7.12. The van der Waals surface area contributed by atoms with E-state index in [2.05, 4.69) is 10.3 Å². The molecule has 1 aliphatic heterocycles. The first kappa shape index (κ1) is 17.7. The summed E-state index contributed by atoms with van der Waals surface area (Å²) >= 11 is 1.08. The highest BCUT2D eigenvalue weighted by Gasteiger charge is 2.18. The molecule has 1 aromatic heterocycles. The number of amides is 1. The topological polar surface area (TPSA) is 130 Å². The van der Waals surface area contributed by atoms with Crippen molar-refractivity contribution in [1.82, 2.24) is 4.98 Å². The number of nitrogens with zero attached hydrogens (tertiary/aromatic N) is 2. The zero-order valence-corrected chi connectivity index (χ0v) is 14.9. The van der Waals surface area contributed by atoms with E-state index in [1.165, 1.54) is 30.3 Å². The molecule has 142 valence electrons. The number of nitro groups is 1. The number of aromatic nitrogens is 1. The minimum atomic E-state index is -0.687. The van der Waals surface area contributed by atoms with Gasteiger partial charge in [0.15, 0.2) is 23.2 Å². The van der Waals surface area contributed by atoms with E-state index in [1.54, 1.807) is 6.07 Å². The minimum absolute atomic E-state index is 0.0633. The average Bonchev–Trinajstić information content (AvgIpc) is 3.30. The van der Waals surface area contributed by atoms with E-state index < -0.39 is 23.4 Å². The first-order valence-corrected chi connectivity index (χ1v) is 8.73. The fraction of sp³-hybridized carbons (Fsp3) is 0.118. The number of fused-ring (bicyclic) bond motifs is 2. The summed E-state index contributed by atoms with van der Waals surface area (Å²) in [6.45, 7) is -0.426. The maximum Gasteiger partial charge on any atom is 0.338 e. The van der Waals surface area contributed by atoms with E-state index in [9.17, 15) is 19.7 Å². The van der Waals surface area contributed by atoms with E-state index in [0.717, 1.165) is 11.3 Å². The monoisotopic (exact) mass is 401 g/mol. The summed E-state index contributed by atoms with van der Waals surface area (Å²) in [4.78, 5) is 38.6. The summed E-state index contributed by atoms with van der Waals surface area (Å²) in [5.41, 5.74) is 0.680. The van der Waals surface area contributed by atoms with Crippen LogP contribution in [0.4, 0.5) is 10.8 Å². The molecule has 28 heavy (non-hydrogen) atoms. The quantitative estimate of drug-likeness (QED) is 0.392. The molecule has 0 atom stereocenters. The van der Waals surface area contributed by atoms with Crippen molar-refractivity contribution in [3.8, 4) is 11.5 Å². The van der Waals surface area contributed by atoms with Crippen molar-refractivity contribution in [2.75, 3.05) is 18.7 Å². The number of ether oxygens (including phenoxy) is 3. The van der Waals surface area contributed by atoms with Crippen LogP contribution in [0.15, 0.2) is 36.4 Å². The Morgan fingerprint density at radius 3 is 2.86 bits per heavy atom. The summed E-state index contributed by atoms with van der Waals surface area (Å²) in [6, 6.07) is 8.78. The molecule has 1 N–H and O–H groups in total. The van der Waals surface area contributed by atoms with Crippen molar-refractivity contribution >= 4 is 44.2 Å². The number of carbonyl (C=O) groups excluding carboxylic acids is 2. The Balaban J connectivity index is 1.37. The van der Waals surface area contributed by atoms with Crippen LogP contribution in [0.5, 0.6) is 11.5 Å². The summed E-state index contributed by atoms with van der Waals surface area (Å²) in [5, 5.41) is 13.6. The summed E-state index contributed by atoms with van der Waals surface area (Å²) in [6.07, 6.45) is 0. The SMILES string of the molecule is O=C(COC(=O)c1ccc2c(c1)OCO2)Nc1nc2ccc([N+](=O)[O-])cc2s1. The van der Waals surface area contributed by atoms with Crippen molar-refractivity contribution in [2.24, 2.45) is 0 Å². The van der Waals surface area contributed by atoms with Crippen LogP contribution in [-0.2, 0) is 9.53 Å². The predicted octanol–water partition coefficient (Wildman–Crippen LogP) is 2.73. The lowest BCUT2D eigenvalue weighted by Crippen LogP contribution is -2.20. The maximum atomic E-state index is 12.1. The lowest BCUT2D eigenvalue weighted by molar-refractivity contribution is -0.384. The van der Waals surface area contributed by atoms with E-state index in [0.29, 0.717) is 21.7 Å². The van der Waals surface area contributed by atoms with Crippen LogP contribution in [0, 0.1) is 10.1 Å². The Labute approximate surface area is 160 Å². The molecule has 0 bridgehead atoms. The molecule has 0 radical (unpaired) electrons. The molecule has 0 spiro atoms. The van der Waals surface area contributed by atoms with Crippen LogP contribution in [0.2, 0.25) is 0 Å². The largest absolute Gasteiger partial charge is 0.454 e. The second-order valence-corrected chi connectivity index (χ2v) is 6.65. The number of hydrogen-bond acceptors (Lipinski definition) is 9. The zero-order valence-electron chi connectivity index (χ0n) is 14.0. The van der Waals surface area contributed by atoms with Crippen LogP contribution >= 0.6 is 11.3 Å². The van der Waals surface area contributed by atoms with Crippen LogP contribution in [-0.4, -0.2) is 35.2 Å². The maximum absolute atomic E-state index is 12.1. The molecule has 0 fully saturated rings.